The molecule has 1 saturated heterocycles. The lowest BCUT2D eigenvalue weighted by molar-refractivity contribution is 0.0380. The van der Waals surface area contributed by atoms with E-state index in [1.807, 2.05) is 0 Å². The Labute approximate surface area is 107 Å². The van der Waals surface area contributed by atoms with Crippen molar-refractivity contribution in [3.63, 3.8) is 0 Å². The number of nitrogens with zero attached hydrogens (tertiary/aromatic N) is 4. The van der Waals surface area contributed by atoms with Gasteiger partial charge in [0.05, 0.1) is 19.4 Å². The smallest absolute Gasteiger partial charge is 0.135 e. The summed E-state index contributed by atoms with van der Waals surface area (Å²) in [7, 11) is 0. The Bertz CT molecular complexity index is 399. The van der Waals surface area contributed by atoms with Gasteiger partial charge >= 0.3 is 0 Å². The van der Waals surface area contributed by atoms with Crippen LogP contribution in [0.5, 0.6) is 0 Å². The number of aryl methyl sites for hydroxylation is 1. The predicted molar refractivity (Wildman–Crippen MR) is 67.1 cm³/mol. The molecule has 3 heterocycles. The van der Waals surface area contributed by atoms with Crippen LogP contribution in [0.15, 0.2) is 0 Å². The van der Waals surface area contributed by atoms with Crippen molar-refractivity contribution in [2.45, 2.75) is 31.8 Å². The molecule has 1 aromatic heterocycles. The first-order valence-corrected chi connectivity index (χ1v) is 6.83. The van der Waals surface area contributed by atoms with Gasteiger partial charge < -0.3 is 10.5 Å². The van der Waals surface area contributed by atoms with Crippen molar-refractivity contribution < 1.29 is 4.74 Å². The van der Waals surface area contributed by atoms with Gasteiger partial charge in [-0.05, 0) is 12.8 Å². The number of nitrogens with two attached hydrogens (primary N) is 1. The highest BCUT2D eigenvalue weighted by Gasteiger charge is 2.22. The molecule has 0 aromatic carbocycles. The number of morpholine rings is 1. The van der Waals surface area contributed by atoms with E-state index in [9.17, 15) is 0 Å². The molecular weight excluding hydrogens is 230 g/mol. The highest BCUT2D eigenvalue weighted by Crippen LogP contribution is 2.21. The minimum absolute atomic E-state index is 0.0726. The quantitative estimate of drug-likeness (QED) is 0.815. The number of aromatic nitrogens is 3. The topological polar surface area (TPSA) is 69.2 Å². The van der Waals surface area contributed by atoms with Crippen LogP contribution >= 0.6 is 0 Å². The monoisotopic (exact) mass is 251 g/mol. The van der Waals surface area contributed by atoms with Crippen LogP contribution in [0, 0.1) is 0 Å². The van der Waals surface area contributed by atoms with Crippen LogP contribution in [-0.4, -0.2) is 52.5 Å². The SMILES string of the molecule is NC1CCCc2nnc(CCN3CCOCC3)n21. The average molecular weight is 251 g/mol. The van der Waals surface area contributed by atoms with Crippen LogP contribution in [0.3, 0.4) is 0 Å². The van der Waals surface area contributed by atoms with Crippen molar-refractivity contribution in [1.82, 2.24) is 19.7 Å². The van der Waals surface area contributed by atoms with Gasteiger partial charge in [-0.1, -0.05) is 0 Å². The average Bonchev–Trinajstić information content (AvgIpc) is 2.82. The van der Waals surface area contributed by atoms with E-state index in [0.29, 0.717) is 0 Å². The Kier molecular flexibility index (Phi) is 3.58. The number of hydrogen-bond acceptors (Lipinski definition) is 5. The second kappa shape index (κ2) is 5.34. The van der Waals surface area contributed by atoms with Gasteiger partial charge in [0.1, 0.15) is 11.6 Å². The van der Waals surface area contributed by atoms with Crippen molar-refractivity contribution >= 4 is 0 Å². The van der Waals surface area contributed by atoms with E-state index < -0.39 is 0 Å². The Morgan fingerprint density at radius 3 is 2.94 bits per heavy atom. The van der Waals surface area contributed by atoms with Gasteiger partial charge in [-0.2, -0.15) is 0 Å². The third-order valence-corrected chi connectivity index (χ3v) is 3.82. The molecule has 0 bridgehead atoms. The second-order valence-electron chi connectivity index (χ2n) is 5.07. The molecule has 2 aliphatic rings. The minimum Gasteiger partial charge on any atom is -0.379 e. The zero-order valence-corrected chi connectivity index (χ0v) is 10.7. The van der Waals surface area contributed by atoms with Crippen molar-refractivity contribution in [3.8, 4) is 0 Å². The van der Waals surface area contributed by atoms with Gasteiger partial charge in [0.2, 0.25) is 0 Å². The van der Waals surface area contributed by atoms with Gasteiger partial charge in [-0.15, -0.1) is 10.2 Å². The Morgan fingerprint density at radius 2 is 2.11 bits per heavy atom. The molecule has 2 aliphatic heterocycles. The molecular formula is C12H21N5O. The van der Waals surface area contributed by atoms with E-state index in [0.717, 1.165) is 70.2 Å². The first-order valence-electron chi connectivity index (χ1n) is 6.83. The van der Waals surface area contributed by atoms with E-state index in [1.54, 1.807) is 0 Å². The summed E-state index contributed by atoms with van der Waals surface area (Å²) in [5.74, 6) is 2.11. The maximum atomic E-state index is 6.15. The van der Waals surface area contributed by atoms with Gasteiger partial charge in [0, 0.05) is 32.5 Å². The summed E-state index contributed by atoms with van der Waals surface area (Å²) in [4.78, 5) is 2.42. The van der Waals surface area contributed by atoms with Crippen molar-refractivity contribution in [3.05, 3.63) is 11.6 Å². The molecule has 3 rings (SSSR count). The highest BCUT2D eigenvalue weighted by atomic mass is 16.5. The predicted octanol–water partition coefficient (Wildman–Crippen LogP) is -0.0536. The van der Waals surface area contributed by atoms with Gasteiger partial charge in [-0.3, -0.25) is 9.47 Å². The van der Waals surface area contributed by atoms with Crippen molar-refractivity contribution in [2.24, 2.45) is 5.73 Å². The third-order valence-electron chi connectivity index (χ3n) is 3.82. The third kappa shape index (κ3) is 2.41. The van der Waals surface area contributed by atoms with Gasteiger partial charge in [0.15, 0.2) is 0 Å². The lowest BCUT2D eigenvalue weighted by Crippen LogP contribution is -2.38. The summed E-state index contributed by atoms with van der Waals surface area (Å²) >= 11 is 0. The maximum Gasteiger partial charge on any atom is 0.135 e. The van der Waals surface area contributed by atoms with Crippen LogP contribution in [0.1, 0.15) is 30.7 Å². The normalized spacial score (nSPS) is 25.1. The zero-order valence-electron chi connectivity index (χ0n) is 10.7. The number of hydrogen-bond donors (Lipinski definition) is 1. The molecule has 1 fully saturated rings. The first kappa shape index (κ1) is 12.1. The minimum atomic E-state index is 0.0726. The lowest BCUT2D eigenvalue weighted by Gasteiger charge is -2.27. The van der Waals surface area contributed by atoms with Crippen LogP contribution in [0.4, 0.5) is 0 Å². The number of fused-ring (bicyclic) bond motifs is 1. The summed E-state index contributed by atoms with van der Waals surface area (Å²) in [6.07, 6.45) is 4.18. The van der Waals surface area contributed by atoms with Crippen LogP contribution in [0.25, 0.3) is 0 Å². The molecule has 2 N–H and O–H groups in total. The molecule has 6 heteroatoms. The van der Waals surface area contributed by atoms with E-state index >= 15 is 0 Å². The van der Waals surface area contributed by atoms with Crippen molar-refractivity contribution in [2.75, 3.05) is 32.8 Å². The summed E-state index contributed by atoms with van der Waals surface area (Å²) < 4.78 is 7.49. The largest absolute Gasteiger partial charge is 0.379 e. The summed E-state index contributed by atoms with van der Waals surface area (Å²) in [5.41, 5.74) is 6.15. The van der Waals surface area contributed by atoms with E-state index in [1.165, 1.54) is 0 Å². The van der Waals surface area contributed by atoms with E-state index in [2.05, 4.69) is 19.7 Å². The number of rotatable bonds is 3. The molecule has 1 unspecified atom stereocenters. The maximum absolute atomic E-state index is 6.15. The summed E-state index contributed by atoms with van der Waals surface area (Å²) in [6.45, 7) is 4.75. The summed E-state index contributed by atoms with van der Waals surface area (Å²) in [6, 6.07) is 0. The van der Waals surface area contributed by atoms with Gasteiger partial charge in [0.25, 0.3) is 0 Å². The first-order chi connectivity index (χ1) is 8.84. The van der Waals surface area contributed by atoms with E-state index in [-0.39, 0.29) is 6.17 Å². The van der Waals surface area contributed by atoms with Crippen LogP contribution < -0.4 is 5.73 Å². The molecule has 0 aliphatic carbocycles. The molecule has 0 spiro atoms. The summed E-state index contributed by atoms with van der Waals surface area (Å²) in [5, 5.41) is 8.57. The highest BCUT2D eigenvalue weighted by molar-refractivity contribution is 5.02. The zero-order chi connectivity index (χ0) is 12.4. The standard InChI is InChI=1S/C12H21N5O/c13-10-2-1-3-11-14-15-12(17(10)11)4-5-16-6-8-18-9-7-16/h10H,1-9,13H2. The fraction of sp³-hybridized carbons (Fsp3) is 0.833. The fourth-order valence-electron chi connectivity index (χ4n) is 2.77. The Morgan fingerprint density at radius 1 is 1.28 bits per heavy atom. The molecule has 6 nitrogen and oxygen atoms in total. The molecule has 1 aromatic rings. The molecule has 0 saturated carbocycles. The molecule has 1 atom stereocenters. The van der Waals surface area contributed by atoms with Gasteiger partial charge in [-0.25, -0.2) is 0 Å². The van der Waals surface area contributed by atoms with Crippen LogP contribution in [-0.2, 0) is 17.6 Å². The van der Waals surface area contributed by atoms with E-state index in [4.69, 9.17) is 10.5 Å². The molecule has 0 radical (unpaired) electrons. The van der Waals surface area contributed by atoms with Crippen LogP contribution in [0.2, 0.25) is 0 Å². The molecule has 100 valence electrons. The number of ether oxygens (including phenoxy) is 1. The molecule has 18 heavy (non-hydrogen) atoms. The van der Waals surface area contributed by atoms with Crippen molar-refractivity contribution in [1.29, 1.82) is 0 Å². The Balaban J connectivity index is 1.64. The molecule has 0 amide bonds. The Hall–Kier alpha value is -0.980. The fourth-order valence-corrected chi connectivity index (χ4v) is 2.77. The lowest BCUT2D eigenvalue weighted by atomic mass is 10.1. The second-order valence-corrected chi connectivity index (χ2v) is 5.07.